The molecule has 0 aliphatic rings. The summed E-state index contributed by atoms with van der Waals surface area (Å²) in [5, 5.41) is 7.00. The molecule has 1 aromatic heterocycles. The van der Waals surface area contributed by atoms with E-state index in [2.05, 4.69) is 27.5 Å². The first-order valence-corrected chi connectivity index (χ1v) is 10.3. The second-order valence-electron chi connectivity index (χ2n) is 6.70. The smallest absolute Gasteiger partial charge is 0.234 e. The Hall–Kier alpha value is -2.73. The summed E-state index contributed by atoms with van der Waals surface area (Å²) in [4.78, 5) is 14.6. The van der Waals surface area contributed by atoms with Gasteiger partial charge in [0, 0.05) is 24.9 Å². The molecule has 28 heavy (non-hydrogen) atoms. The Labute approximate surface area is 170 Å². The van der Waals surface area contributed by atoms with Gasteiger partial charge in [-0.05, 0) is 31.5 Å². The number of aryl methyl sites for hydroxylation is 2. The second-order valence-corrected chi connectivity index (χ2v) is 7.69. The lowest BCUT2D eigenvalue weighted by Gasteiger charge is -2.22. The summed E-state index contributed by atoms with van der Waals surface area (Å²) in [5.41, 5.74) is 5.00. The summed E-state index contributed by atoms with van der Waals surface area (Å²) in [6.07, 6.45) is 0. The number of aromatic nitrogens is 1. The van der Waals surface area contributed by atoms with Crippen LogP contribution in [0.25, 0.3) is 0 Å². The predicted molar refractivity (Wildman–Crippen MR) is 116 cm³/mol. The maximum absolute atomic E-state index is 12.5. The Morgan fingerprint density at radius 1 is 1.11 bits per heavy atom. The predicted octanol–water partition coefficient (Wildman–Crippen LogP) is 4.80. The zero-order valence-electron chi connectivity index (χ0n) is 16.4. The third-order valence-corrected chi connectivity index (χ3v) is 5.47. The number of carbonyl (C=O) groups excluding carboxylic acids is 1. The van der Waals surface area contributed by atoms with Crippen LogP contribution in [0.4, 0.5) is 11.4 Å². The highest BCUT2D eigenvalue weighted by Crippen LogP contribution is 2.26. The fourth-order valence-corrected chi connectivity index (χ4v) is 3.97. The summed E-state index contributed by atoms with van der Waals surface area (Å²) in [7, 11) is 2.03. The number of nitrogens with zero attached hydrogens (tertiary/aromatic N) is 2. The van der Waals surface area contributed by atoms with E-state index in [1.54, 1.807) is 11.8 Å². The van der Waals surface area contributed by atoms with E-state index in [0.717, 1.165) is 34.9 Å². The first-order chi connectivity index (χ1) is 13.5. The highest BCUT2D eigenvalue weighted by Gasteiger charge is 2.13. The van der Waals surface area contributed by atoms with Crippen LogP contribution >= 0.6 is 11.8 Å². The fourth-order valence-electron chi connectivity index (χ4n) is 2.99. The first-order valence-electron chi connectivity index (χ1n) is 9.18. The van der Waals surface area contributed by atoms with Crippen LogP contribution < -0.4 is 10.2 Å². The van der Waals surface area contributed by atoms with Gasteiger partial charge >= 0.3 is 0 Å². The summed E-state index contributed by atoms with van der Waals surface area (Å²) in [5.74, 6) is 1.89. The van der Waals surface area contributed by atoms with E-state index in [1.807, 2.05) is 63.4 Å². The Bertz CT molecular complexity index is 905. The standard InChI is InChI=1S/C22H25N3O2S/c1-16-19(17(2)27-24-16)14-28-15-22(26)23-20-11-7-8-12-21(20)25(3)13-18-9-5-4-6-10-18/h4-12H,13-15H2,1-3H3,(H,23,26). The first kappa shape index (κ1) is 20.0. The number of hydrogen-bond acceptors (Lipinski definition) is 5. The molecule has 3 aromatic rings. The van der Waals surface area contributed by atoms with Crippen molar-refractivity contribution in [1.82, 2.24) is 5.16 Å². The molecule has 1 heterocycles. The molecule has 0 saturated heterocycles. The molecule has 0 saturated carbocycles. The van der Waals surface area contributed by atoms with E-state index in [-0.39, 0.29) is 5.91 Å². The Morgan fingerprint density at radius 3 is 2.54 bits per heavy atom. The van der Waals surface area contributed by atoms with Gasteiger partial charge in [0.05, 0.1) is 22.8 Å². The van der Waals surface area contributed by atoms with E-state index >= 15 is 0 Å². The van der Waals surface area contributed by atoms with Gasteiger partial charge in [-0.2, -0.15) is 0 Å². The molecule has 0 aliphatic carbocycles. The molecule has 5 nitrogen and oxygen atoms in total. The van der Waals surface area contributed by atoms with Gasteiger partial charge in [0.15, 0.2) is 0 Å². The zero-order chi connectivity index (χ0) is 19.9. The molecule has 2 aromatic carbocycles. The molecule has 0 unspecified atom stereocenters. The lowest BCUT2D eigenvalue weighted by atomic mass is 10.2. The number of hydrogen-bond donors (Lipinski definition) is 1. The Balaban J connectivity index is 1.58. The summed E-state index contributed by atoms with van der Waals surface area (Å²) in [6, 6.07) is 18.2. The molecule has 1 amide bonds. The summed E-state index contributed by atoms with van der Waals surface area (Å²) >= 11 is 1.56. The van der Waals surface area contributed by atoms with E-state index in [1.165, 1.54) is 5.56 Å². The number of benzene rings is 2. The van der Waals surface area contributed by atoms with Crippen molar-refractivity contribution in [3.8, 4) is 0 Å². The van der Waals surface area contributed by atoms with E-state index in [0.29, 0.717) is 11.5 Å². The number of rotatable bonds is 8. The molecule has 146 valence electrons. The summed E-state index contributed by atoms with van der Waals surface area (Å²) < 4.78 is 5.17. The average molecular weight is 396 g/mol. The molecule has 0 aliphatic heterocycles. The van der Waals surface area contributed by atoms with Gasteiger partial charge in [-0.3, -0.25) is 4.79 Å². The second kappa shape index (κ2) is 9.46. The molecule has 1 N–H and O–H groups in total. The van der Waals surface area contributed by atoms with Crippen molar-refractivity contribution in [3.63, 3.8) is 0 Å². The van der Waals surface area contributed by atoms with E-state index < -0.39 is 0 Å². The van der Waals surface area contributed by atoms with Gasteiger partial charge < -0.3 is 14.7 Å². The Kier molecular flexibility index (Phi) is 6.76. The van der Waals surface area contributed by atoms with Gasteiger partial charge in [0.2, 0.25) is 5.91 Å². The number of carbonyl (C=O) groups is 1. The maximum Gasteiger partial charge on any atom is 0.234 e. The molecule has 0 atom stereocenters. The van der Waals surface area contributed by atoms with Crippen molar-refractivity contribution < 1.29 is 9.32 Å². The van der Waals surface area contributed by atoms with Crippen molar-refractivity contribution >= 4 is 29.0 Å². The van der Waals surface area contributed by atoms with Crippen LogP contribution in [0.15, 0.2) is 59.1 Å². The molecule has 3 rings (SSSR count). The molecule has 0 radical (unpaired) electrons. The van der Waals surface area contributed by atoms with Crippen molar-refractivity contribution in [3.05, 3.63) is 77.2 Å². The molecular weight excluding hydrogens is 370 g/mol. The molecule has 0 spiro atoms. The topological polar surface area (TPSA) is 58.4 Å². The van der Waals surface area contributed by atoms with Gasteiger partial charge in [-0.1, -0.05) is 47.6 Å². The molecular formula is C22H25N3O2S. The average Bonchev–Trinajstić information content (AvgIpc) is 3.01. The van der Waals surface area contributed by atoms with Crippen LogP contribution in [0.1, 0.15) is 22.6 Å². The molecule has 0 bridgehead atoms. The lowest BCUT2D eigenvalue weighted by Crippen LogP contribution is -2.20. The summed E-state index contributed by atoms with van der Waals surface area (Å²) in [6.45, 7) is 4.59. The van der Waals surface area contributed by atoms with E-state index in [9.17, 15) is 4.79 Å². The van der Waals surface area contributed by atoms with Crippen LogP contribution in [-0.4, -0.2) is 23.9 Å². The number of amides is 1. The van der Waals surface area contributed by atoms with Crippen LogP contribution in [0.5, 0.6) is 0 Å². The quantitative estimate of drug-likeness (QED) is 0.594. The zero-order valence-corrected chi connectivity index (χ0v) is 17.3. The maximum atomic E-state index is 12.5. The number of para-hydroxylation sites is 2. The van der Waals surface area contributed by atoms with Crippen molar-refractivity contribution in [2.75, 3.05) is 23.0 Å². The minimum Gasteiger partial charge on any atom is -0.369 e. The minimum atomic E-state index is -0.0164. The van der Waals surface area contributed by atoms with Gasteiger partial charge in [0.25, 0.3) is 0 Å². The third kappa shape index (κ3) is 5.16. The van der Waals surface area contributed by atoms with Crippen LogP contribution in [0.2, 0.25) is 0 Å². The SMILES string of the molecule is Cc1noc(C)c1CSCC(=O)Nc1ccccc1N(C)Cc1ccccc1. The van der Waals surface area contributed by atoms with Crippen LogP contribution in [-0.2, 0) is 17.1 Å². The minimum absolute atomic E-state index is 0.0164. The highest BCUT2D eigenvalue weighted by molar-refractivity contribution is 7.99. The molecule has 0 fully saturated rings. The largest absolute Gasteiger partial charge is 0.369 e. The van der Waals surface area contributed by atoms with Crippen LogP contribution in [0, 0.1) is 13.8 Å². The molecule has 6 heteroatoms. The highest BCUT2D eigenvalue weighted by atomic mass is 32.2. The lowest BCUT2D eigenvalue weighted by molar-refractivity contribution is -0.113. The van der Waals surface area contributed by atoms with E-state index in [4.69, 9.17) is 4.52 Å². The fraction of sp³-hybridized carbons (Fsp3) is 0.273. The number of anilines is 2. The monoisotopic (exact) mass is 395 g/mol. The van der Waals surface area contributed by atoms with Crippen molar-refractivity contribution in [1.29, 1.82) is 0 Å². The third-order valence-electron chi connectivity index (χ3n) is 4.51. The normalized spacial score (nSPS) is 10.7. The Morgan fingerprint density at radius 2 is 1.82 bits per heavy atom. The number of nitrogens with one attached hydrogen (secondary N) is 1. The van der Waals surface area contributed by atoms with Gasteiger partial charge in [0.1, 0.15) is 5.76 Å². The van der Waals surface area contributed by atoms with Gasteiger partial charge in [-0.25, -0.2) is 0 Å². The van der Waals surface area contributed by atoms with Crippen LogP contribution in [0.3, 0.4) is 0 Å². The van der Waals surface area contributed by atoms with Crippen molar-refractivity contribution in [2.45, 2.75) is 26.1 Å². The number of thioether (sulfide) groups is 1. The van der Waals surface area contributed by atoms with Gasteiger partial charge in [-0.15, -0.1) is 11.8 Å². The van der Waals surface area contributed by atoms with Crippen molar-refractivity contribution in [2.24, 2.45) is 0 Å².